The largest absolute Gasteiger partial charge is 0.385 e. The van der Waals surface area contributed by atoms with E-state index >= 15 is 0 Å². The predicted octanol–water partition coefficient (Wildman–Crippen LogP) is 4.36. The fraction of sp³-hybridized carbons (Fsp3) is 0.294. The highest BCUT2D eigenvalue weighted by atomic mass is 16.3. The molecule has 0 saturated heterocycles. The predicted molar refractivity (Wildman–Crippen MR) is 76.4 cm³/mol. The molecule has 1 heteroatoms. The Labute approximate surface area is 109 Å². The van der Waals surface area contributed by atoms with E-state index in [0.717, 1.165) is 29.5 Å². The molecule has 0 aromatic heterocycles. The van der Waals surface area contributed by atoms with Crippen molar-refractivity contribution in [3.8, 4) is 11.1 Å². The molecule has 0 saturated carbocycles. The molecular weight excluding hydrogens is 220 g/mol. The fourth-order valence-corrected chi connectivity index (χ4v) is 2.39. The fourth-order valence-electron chi connectivity index (χ4n) is 2.39. The van der Waals surface area contributed by atoms with Gasteiger partial charge >= 0.3 is 0 Å². The molecule has 0 atom stereocenters. The molecule has 2 aromatic rings. The summed E-state index contributed by atoms with van der Waals surface area (Å²) in [6.07, 6.45) is 1.46. The lowest BCUT2D eigenvalue weighted by Gasteiger charge is -2.28. The van der Waals surface area contributed by atoms with Crippen LogP contribution in [-0.4, -0.2) is 5.11 Å². The molecule has 0 heterocycles. The van der Waals surface area contributed by atoms with Crippen LogP contribution in [0.15, 0.2) is 54.6 Å². The Balaban J connectivity index is 2.57. The van der Waals surface area contributed by atoms with Crippen LogP contribution in [0.25, 0.3) is 11.1 Å². The first-order chi connectivity index (χ1) is 8.71. The second-order valence-corrected chi connectivity index (χ2v) is 4.65. The Bertz CT molecular complexity index is 498. The summed E-state index contributed by atoms with van der Waals surface area (Å²) in [4.78, 5) is 0. The highest BCUT2D eigenvalue weighted by molar-refractivity contribution is 5.68. The van der Waals surface area contributed by atoms with Crippen molar-refractivity contribution in [2.24, 2.45) is 0 Å². The van der Waals surface area contributed by atoms with Gasteiger partial charge in [0.15, 0.2) is 0 Å². The monoisotopic (exact) mass is 240 g/mol. The number of hydrogen-bond acceptors (Lipinski definition) is 1. The molecule has 2 rings (SSSR count). The van der Waals surface area contributed by atoms with E-state index in [4.69, 9.17) is 0 Å². The number of rotatable bonds is 4. The van der Waals surface area contributed by atoms with Crippen LogP contribution in [0.1, 0.15) is 32.3 Å². The van der Waals surface area contributed by atoms with Crippen LogP contribution < -0.4 is 0 Å². The Morgan fingerprint density at radius 2 is 1.39 bits per heavy atom. The van der Waals surface area contributed by atoms with E-state index in [1.165, 1.54) is 0 Å². The van der Waals surface area contributed by atoms with Crippen LogP contribution in [-0.2, 0) is 5.60 Å². The van der Waals surface area contributed by atoms with Crippen LogP contribution in [0.2, 0.25) is 0 Å². The third-order valence-electron chi connectivity index (χ3n) is 3.68. The average Bonchev–Trinajstić information content (AvgIpc) is 2.47. The quantitative estimate of drug-likeness (QED) is 0.841. The summed E-state index contributed by atoms with van der Waals surface area (Å²) in [5.74, 6) is 0. The molecule has 18 heavy (non-hydrogen) atoms. The molecule has 0 amide bonds. The SMILES string of the molecule is CCC(O)(CC)c1ccccc1-c1ccccc1. The number of benzene rings is 2. The Hall–Kier alpha value is -1.60. The van der Waals surface area contributed by atoms with Gasteiger partial charge in [0.25, 0.3) is 0 Å². The maximum atomic E-state index is 10.7. The van der Waals surface area contributed by atoms with Crippen molar-refractivity contribution in [2.45, 2.75) is 32.3 Å². The molecule has 0 unspecified atom stereocenters. The van der Waals surface area contributed by atoms with Crippen molar-refractivity contribution in [3.05, 3.63) is 60.2 Å². The zero-order valence-corrected chi connectivity index (χ0v) is 11.1. The summed E-state index contributed by atoms with van der Waals surface area (Å²) >= 11 is 0. The van der Waals surface area contributed by atoms with E-state index in [1.807, 2.05) is 50.2 Å². The average molecular weight is 240 g/mol. The molecule has 0 fully saturated rings. The lowest BCUT2D eigenvalue weighted by Crippen LogP contribution is -2.24. The molecule has 2 aromatic carbocycles. The van der Waals surface area contributed by atoms with Gasteiger partial charge in [0, 0.05) is 0 Å². The number of aliphatic hydroxyl groups is 1. The minimum Gasteiger partial charge on any atom is -0.385 e. The van der Waals surface area contributed by atoms with Crippen molar-refractivity contribution in [2.75, 3.05) is 0 Å². The van der Waals surface area contributed by atoms with Gasteiger partial charge in [0.2, 0.25) is 0 Å². The first-order valence-electron chi connectivity index (χ1n) is 6.58. The lowest BCUT2D eigenvalue weighted by molar-refractivity contribution is 0.0289. The summed E-state index contributed by atoms with van der Waals surface area (Å²) in [6.45, 7) is 4.07. The molecule has 1 N–H and O–H groups in total. The van der Waals surface area contributed by atoms with Gasteiger partial charge in [-0.3, -0.25) is 0 Å². The van der Waals surface area contributed by atoms with Crippen molar-refractivity contribution in [1.29, 1.82) is 0 Å². The smallest absolute Gasteiger partial charge is 0.0897 e. The first kappa shape index (κ1) is 12.8. The van der Waals surface area contributed by atoms with Crippen molar-refractivity contribution in [3.63, 3.8) is 0 Å². The van der Waals surface area contributed by atoms with E-state index < -0.39 is 5.60 Å². The Kier molecular flexibility index (Phi) is 3.83. The topological polar surface area (TPSA) is 20.2 Å². The molecule has 0 aliphatic heterocycles. The molecular formula is C17H20O. The van der Waals surface area contributed by atoms with Gasteiger partial charge in [-0.2, -0.15) is 0 Å². The van der Waals surface area contributed by atoms with Gasteiger partial charge in [-0.25, -0.2) is 0 Å². The minimum atomic E-state index is -0.730. The first-order valence-corrected chi connectivity index (χ1v) is 6.58. The van der Waals surface area contributed by atoms with E-state index in [1.54, 1.807) is 0 Å². The molecule has 0 radical (unpaired) electrons. The molecule has 0 spiro atoms. The Morgan fingerprint density at radius 1 is 0.833 bits per heavy atom. The van der Waals surface area contributed by atoms with Gasteiger partial charge in [-0.15, -0.1) is 0 Å². The van der Waals surface area contributed by atoms with Crippen LogP contribution in [0.5, 0.6) is 0 Å². The second-order valence-electron chi connectivity index (χ2n) is 4.65. The standard InChI is InChI=1S/C17H20O/c1-3-17(18,4-2)16-13-9-8-12-15(16)14-10-6-5-7-11-14/h5-13,18H,3-4H2,1-2H3. The maximum absolute atomic E-state index is 10.7. The van der Waals surface area contributed by atoms with Crippen LogP contribution in [0, 0.1) is 0 Å². The summed E-state index contributed by atoms with van der Waals surface area (Å²) in [5.41, 5.74) is 2.59. The third-order valence-corrected chi connectivity index (χ3v) is 3.68. The van der Waals surface area contributed by atoms with E-state index in [9.17, 15) is 5.11 Å². The molecule has 1 nitrogen and oxygen atoms in total. The van der Waals surface area contributed by atoms with E-state index in [-0.39, 0.29) is 0 Å². The van der Waals surface area contributed by atoms with Crippen molar-refractivity contribution in [1.82, 2.24) is 0 Å². The maximum Gasteiger partial charge on any atom is 0.0897 e. The summed E-state index contributed by atoms with van der Waals surface area (Å²) < 4.78 is 0. The summed E-state index contributed by atoms with van der Waals surface area (Å²) in [5, 5.41) is 10.7. The lowest BCUT2D eigenvalue weighted by atomic mass is 9.83. The van der Waals surface area contributed by atoms with Gasteiger partial charge < -0.3 is 5.11 Å². The zero-order chi connectivity index (χ0) is 13.0. The zero-order valence-electron chi connectivity index (χ0n) is 11.1. The summed E-state index contributed by atoms with van der Waals surface area (Å²) in [7, 11) is 0. The van der Waals surface area contributed by atoms with Crippen LogP contribution in [0.3, 0.4) is 0 Å². The second kappa shape index (κ2) is 5.36. The third kappa shape index (κ3) is 2.32. The summed E-state index contributed by atoms with van der Waals surface area (Å²) in [6, 6.07) is 18.4. The highest BCUT2D eigenvalue weighted by Crippen LogP contribution is 2.35. The van der Waals surface area contributed by atoms with Crippen LogP contribution >= 0.6 is 0 Å². The molecule has 0 bridgehead atoms. The highest BCUT2D eigenvalue weighted by Gasteiger charge is 2.27. The van der Waals surface area contributed by atoms with Crippen molar-refractivity contribution < 1.29 is 5.11 Å². The van der Waals surface area contributed by atoms with E-state index in [0.29, 0.717) is 0 Å². The molecule has 0 aliphatic carbocycles. The van der Waals surface area contributed by atoms with E-state index in [2.05, 4.69) is 18.2 Å². The number of hydrogen-bond donors (Lipinski definition) is 1. The van der Waals surface area contributed by atoms with Crippen LogP contribution in [0.4, 0.5) is 0 Å². The molecule has 94 valence electrons. The van der Waals surface area contributed by atoms with Gasteiger partial charge in [-0.05, 0) is 29.5 Å². The van der Waals surface area contributed by atoms with Gasteiger partial charge in [-0.1, -0.05) is 68.4 Å². The van der Waals surface area contributed by atoms with Crippen molar-refractivity contribution >= 4 is 0 Å². The Morgan fingerprint density at radius 3 is 2.00 bits per heavy atom. The van der Waals surface area contributed by atoms with Gasteiger partial charge in [0.05, 0.1) is 5.60 Å². The normalized spacial score (nSPS) is 11.5. The molecule has 0 aliphatic rings. The van der Waals surface area contributed by atoms with Gasteiger partial charge in [0.1, 0.15) is 0 Å². The minimum absolute atomic E-state index is 0.730.